The molecule has 0 atom stereocenters. The van der Waals surface area contributed by atoms with Gasteiger partial charge in [-0.25, -0.2) is 8.42 Å². The third kappa shape index (κ3) is 3.94. The molecule has 0 amide bonds. The smallest absolute Gasteiger partial charge is 0.245 e. The van der Waals surface area contributed by atoms with E-state index in [9.17, 15) is 8.42 Å². The third-order valence-electron chi connectivity index (χ3n) is 3.07. The van der Waals surface area contributed by atoms with Gasteiger partial charge in [0, 0.05) is 13.6 Å². The van der Waals surface area contributed by atoms with Gasteiger partial charge < -0.3 is 4.74 Å². The van der Waals surface area contributed by atoms with E-state index in [0.29, 0.717) is 4.34 Å². The van der Waals surface area contributed by atoms with Gasteiger partial charge in [0.1, 0.15) is 21.6 Å². The Bertz CT molecular complexity index is 759. The molecular formula is C14H15Cl2NO3S2. The zero-order valence-electron chi connectivity index (χ0n) is 12.0. The van der Waals surface area contributed by atoms with Crippen LogP contribution < -0.4 is 4.74 Å². The van der Waals surface area contributed by atoms with Crippen molar-refractivity contribution in [3.05, 3.63) is 44.6 Å². The number of ether oxygens (including phenoxy) is 1. The van der Waals surface area contributed by atoms with Crippen molar-refractivity contribution in [1.82, 2.24) is 4.31 Å². The summed E-state index contributed by atoms with van der Waals surface area (Å²) < 4.78 is 32.1. The summed E-state index contributed by atoms with van der Waals surface area (Å²) in [6, 6.07) is 8.93. The number of rotatable bonds is 6. The number of benzene rings is 1. The zero-order valence-corrected chi connectivity index (χ0v) is 15.2. The highest BCUT2D eigenvalue weighted by Gasteiger charge is 2.25. The van der Waals surface area contributed by atoms with E-state index in [2.05, 4.69) is 0 Å². The fraction of sp³-hybridized carbons (Fsp3) is 0.286. The molecule has 0 fully saturated rings. The molecule has 2 rings (SSSR count). The van der Waals surface area contributed by atoms with Gasteiger partial charge in [0.25, 0.3) is 0 Å². The third-order valence-corrected chi connectivity index (χ3v) is 6.68. The molecule has 0 spiro atoms. The SMILES string of the molecule is Cc1ccccc1OCCN(C)S(=O)(=O)c1cc(Cl)sc1Cl. The summed E-state index contributed by atoms with van der Waals surface area (Å²) >= 11 is 12.8. The molecule has 4 nitrogen and oxygen atoms in total. The fourth-order valence-electron chi connectivity index (χ4n) is 1.79. The molecule has 0 unspecified atom stereocenters. The minimum atomic E-state index is -3.67. The maximum Gasteiger partial charge on any atom is 0.245 e. The van der Waals surface area contributed by atoms with Crippen LogP contribution in [0.3, 0.4) is 0 Å². The van der Waals surface area contributed by atoms with Gasteiger partial charge in [0.15, 0.2) is 0 Å². The second-order valence-electron chi connectivity index (χ2n) is 4.63. The number of aryl methyl sites for hydroxylation is 1. The molecule has 0 aliphatic carbocycles. The van der Waals surface area contributed by atoms with Crippen LogP contribution in [-0.2, 0) is 10.0 Å². The molecule has 1 aromatic heterocycles. The van der Waals surface area contributed by atoms with Gasteiger partial charge in [0.2, 0.25) is 10.0 Å². The van der Waals surface area contributed by atoms with Crippen molar-refractivity contribution >= 4 is 44.6 Å². The van der Waals surface area contributed by atoms with Crippen molar-refractivity contribution in [3.8, 4) is 5.75 Å². The molecule has 8 heteroatoms. The van der Waals surface area contributed by atoms with Crippen LogP contribution in [0.1, 0.15) is 5.56 Å². The van der Waals surface area contributed by atoms with E-state index in [1.54, 1.807) is 0 Å². The molecule has 120 valence electrons. The van der Waals surface area contributed by atoms with Crippen LogP contribution in [0.4, 0.5) is 0 Å². The minimum absolute atomic E-state index is 0.0301. The van der Waals surface area contributed by atoms with Crippen molar-refractivity contribution in [1.29, 1.82) is 0 Å². The monoisotopic (exact) mass is 379 g/mol. The Balaban J connectivity index is 2.01. The predicted molar refractivity (Wildman–Crippen MR) is 90.8 cm³/mol. The lowest BCUT2D eigenvalue weighted by atomic mass is 10.2. The van der Waals surface area contributed by atoms with Crippen LogP contribution in [-0.4, -0.2) is 32.9 Å². The first kappa shape index (κ1) is 17.6. The van der Waals surface area contributed by atoms with Crippen molar-refractivity contribution in [2.45, 2.75) is 11.8 Å². The lowest BCUT2D eigenvalue weighted by molar-refractivity contribution is 0.285. The highest BCUT2D eigenvalue weighted by atomic mass is 35.5. The summed E-state index contributed by atoms with van der Waals surface area (Å²) in [5.41, 5.74) is 1.00. The molecule has 0 aliphatic heterocycles. The highest BCUT2D eigenvalue weighted by molar-refractivity contribution is 7.89. The first-order valence-electron chi connectivity index (χ1n) is 6.42. The quantitative estimate of drug-likeness (QED) is 0.759. The number of thiophene rings is 1. The van der Waals surface area contributed by atoms with Crippen LogP contribution in [0.25, 0.3) is 0 Å². The van der Waals surface area contributed by atoms with Crippen LogP contribution >= 0.6 is 34.5 Å². The van der Waals surface area contributed by atoms with Crippen molar-refractivity contribution in [2.24, 2.45) is 0 Å². The van der Waals surface area contributed by atoms with E-state index in [1.807, 2.05) is 31.2 Å². The average molecular weight is 380 g/mol. The Labute approximate surface area is 144 Å². The Kier molecular flexibility index (Phi) is 5.74. The van der Waals surface area contributed by atoms with Crippen LogP contribution in [0.15, 0.2) is 35.2 Å². The van der Waals surface area contributed by atoms with Gasteiger partial charge in [-0.15, -0.1) is 11.3 Å². The highest BCUT2D eigenvalue weighted by Crippen LogP contribution is 2.35. The van der Waals surface area contributed by atoms with E-state index >= 15 is 0 Å². The average Bonchev–Trinajstić information content (AvgIpc) is 2.80. The van der Waals surface area contributed by atoms with E-state index in [-0.39, 0.29) is 22.4 Å². The topological polar surface area (TPSA) is 46.6 Å². The Morgan fingerprint density at radius 1 is 1.27 bits per heavy atom. The summed E-state index contributed by atoms with van der Waals surface area (Å²) in [5.74, 6) is 0.741. The van der Waals surface area contributed by atoms with E-state index in [4.69, 9.17) is 27.9 Å². The van der Waals surface area contributed by atoms with Gasteiger partial charge in [-0.05, 0) is 24.6 Å². The molecule has 1 aromatic carbocycles. The first-order chi connectivity index (χ1) is 10.3. The number of halogens is 2. The molecule has 0 N–H and O–H groups in total. The fourth-order valence-corrected chi connectivity index (χ4v) is 5.06. The number of para-hydroxylation sites is 1. The van der Waals surface area contributed by atoms with Gasteiger partial charge in [-0.3, -0.25) is 0 Å². The van der Waals surface area contributed by atoms with E-state index in [0.717, 1.165) is 22.6 Å². The lowest BCUT2D eigenvalue weighted by Crippen LogP contribution is -2.31. The summed E-state index contributed by atoms with van der Waals surface area (Å²) in [7, 11) is -2.18. The second-order valence-corrected chi connectivity index (χ2v) is 8.93. The number of hydrogen-bond acceptors (Lipinski definition) is 4. The molecule has 0 saturated carbocycles. The number of sulfonamides is 1. The van der Waals surface area contributed by atoms with Gasteiger partial charge >= 0.3 is 0 Å². The minimum Gasteiger partial charge on any atom is -0.492 e. The molecule has 0 radical (unpaired) electrons. The second kappa shape index (κ2) is 7.19. The molecule has 0 aliphatic rings. The van der Waals surface area contributed by atoms with E-state index < -0.39 is 10.0 Å². The Morgan fingerprint density at radius 2 is 1.95 bits per heavy atom. The molecule has 0 bridgehead atoms. The number of hydrogen-bond donors (Lipinski definition) is 0. The van der Waals surface area contributed by atoms with Gasteiger partial charge in [-0.2, -0.15) is 4.31 Å². The summed E-state index contributed by atoms with van der Waals surface area (Å²) in [4.78, 5) is 0.0301. The van der Waals surface area contributed by atoms with Crippen LogP contribution in [0.5, 0.6) is 5.75 Å². The standard InChI is InChI=1S/C14H15Cl2NO3S2/c1-10-5-3-4-6-11(10)20-8-7-17(2)22(18,19)12-9-13(15)21-14(12)16/h3-6,9H,7-8H2,1-2H3. The van der Waals surface area contributed by atoms with Crippen molar-refractivity contribution in [2.75, 3.05) is 20.2 Å². The lowest BCUT2D eigenvalue weighted by Gasteiger charge is -2.17. The van der Waals surface area contributed by atoms with E-state index in [1.165, 1.54) is 17.4 Å². The maximum atomic E-state index is 12.4. The number of nitrogens with zero attached hydrogens (tertiary/aromatic N) is 1. The summed E-state index contributed by atoms with van der Waals surface area (Å²) in [6.07, 6.45) is 0. The van der Waals surface area contributed by atoms with Crippen LogP contribution in [0.2, 0.25) is 8.67 Å². The van der Waals surface area contributed by atoms with Crippen LogP contribution in [0, 0.1) is 6.92 Å². The molecule has 2 aromatic rings. The summed E-state index contributed by atoms with van der Waals surface area (Å²) in [5, 5.41) is 0. The predicted octanol–water partition coefficient (Wildman–Crippen LogP) is 4.06. The molecule has 22 heavy (non-hydrogen) atoms. The zero-order chi connectivity index (χ0) is 16.3. The molecule has 0 saturated heterocycles. The first-order valence-corrected chi connectivity index (χ1v) is 9.43. The van der Waals surface area contributed by atoms with Crippen molar-refractivity contribution in [3.63, 3.8) is 0 Å². The normalized spacial score (nSPS) is 11.9. The largest absolute Gasteiger partial charge is 0.492 e. The van der Waals surface area contributed by atoms with Gasteiger partial charge in [0.05, 0.1) is 4.34 Å². The summed E-state index contributed by atoms with van der Waals surface area (Å²) in [6.45, 7) is 2.39. The number of likely N-dealkylation sites (N-methyl/N-ethyl adjacent to an activating group) is 1. The Morgan fingerprint density at radius 3 is 2.55 bits per heavy atom. The maximum absolute atomic E-state index is 12.4. The molecule has 1 heterocycles. The van der Waals surface area contributed by atoms with Crippen molar-refractivity contribution < 1.29 is 13.2 Å². The van der Waals surface area contributed by atoms with Gasteiger partial charge in [-0.1, -0.05) is 41.4 Å². The Hall–Kier alpha value is -0.790. The molecular weight excluding hydrogens is 365 g/mol.